The number of carbonyl (C=O) groups excluding carboxylic acids is 1. The van der Waals surface area contributed by atoms with Crippen LogP contribution in [0, 0.1) is 11.6 Å². The number of pyridine rings is 2. The number of hydrogen-bond donors (Lipinski definition) is 1. The topological polar surface area (TPSA) is 110 Å². The van der Waals surface area contributed by atoms with Crippen molar-refractivity contribution < 1.29 is 37.3 Å². The molecule has 236 valence electrons. The molecule has 46 heavy (non-hydrogen) atoms. The van der Waals surface area contributed by atoms with E-state index in [1.807, 2.05) is 13.8 Å². The molecule has 10 nitrogen and oxygen atoms in total. The van der Waals surface area contributed by atoms with Crippen LogP contribution in [0.4, 0.5) is 14.5 Å². The van der Waals surface area contributed by atoms with E-state index in [1.54, 1.807) is 19.1 Å². The minimum Gasteiger partial charge on any atom is -0.493 e. The number of aromatic nitrogens is 2. The molecule has 1 aliphatic heterocycles. The van der Waals surface area contributed by atoms with Crippen molar-refractivity contribution in [3.63, 3.8) is 0 Å². The molecule has 0 saturated heterocycles. The van der Waals surface area contributed by atoms with Crippen LogP contribution >= 0.6 is 0 Å². The van der Waals surface area contributed by atoms with Crippen LogP contribution < -0.4 is 34.6 Å². The zero-order chi connectivity index (χ0) is 32.4. The standard InChI is InChI=1S/C34H29F2N3O7/c1-4-42-26-12-14-39(22-8-5-20(35)6-9-22)34(41)30(26)33(40)38-21-7-10-25(23(36)17-21)46-27-11-13-37-24-18-28(45-19(2)3)31-32(29(24)27)44-16-15-43-31/h5-14,17-19H,4,15-16H2,1-3H3,(H,38,40). The van der Waals surface area contributed by atoms with Gasteiger partial charge in [0.2, 0.25) is 5.75 Å². The Balaban J connectivity index is 1.29. The van der Waals surface area contributed by atoms with Gasteiger partial charge < -0.3 is 29.0 Å². The summed E-state index contributed by atoms with van der Waals surface area (Å²) in [6.07, 6.45) is 2.83. The minimum absolute atomic E-state index is 0.0461. The summed E-state index contributed by atoms with van der Waals surface area (Å²) in [4.78, 5) is 31.2. The molecule has 0 atom stereocenters. The van der Waals surface area contributed by atoms with Crippen molar-refractivity contribution in [2.45, 2.75) is 26.9 Å². The smallest absolute Gasteiger partial charge is 0.271 e. The quantitative estimate of drug-likeness (QED) is 0.193. The molecule has 1 amide bonds. The number of halogens is 2. The van der Waals surface area contributed by atoms with Crippen molar-refractivity contribution >= 4 is 22.5 Å². The summed E-state index contributed by atoms with van der Waals surface area (Å²) >= 11 is 0. The molecule has 0 saturated carbocycles. The third-order valence-corrected chi connectivity index (χ3v) is 6.90. The number of benzene rings is 3. The highest BCUT2D eigenvalue weighted by Gasteiger charge is 2.26. The van der Waals surface area contributed by atoms with Crippen molar-refractivity contribution in [1.82, 2.24) is 9.55 Å². The molecule has 6 rings (SSSR count). The first-order valence-corrected chi connectivity index (χ1v) is 14.5. The summed E-state index contributed by atoms with van der Waals surface area (Å²) in [5.74, 6) is -0.623. The first-order chi connectivity index (χ1) is 22.2. The van der Waals surface area contributed by atoms with Gasteiger partial charge in [0, 0.05) is 35.9 Å². The van der Waals surface area contributed by atoms with E-state index in [0.29, 0.717) is 47.1 Å². The number of ether oxygens (including phenoxy) is 5. The highest BCUT2D eigenvalue weighted by molar-refractivity contribution is 6.06. The van der Waals surface area contributed by atoms with Crippen LogP contribution in [-0.4, -0.2) is 41.4 Å². The van der Waals surface area contributed by atoms with Crippen molar-refractivity contribution in [1.29, 1.82) is 0 Å². The Kier molecular flexibility index (Phi) is 8.43. The fourth-order valence-corrected chi connectivity index (χ4v) is 4.98. The van der Waals surface area contributed by atoms with E-state index in [1.165, 1.54) is 59.4 Å². The largest absolute Gasteiger partial charge is 0.493 e. The monoisotopic (exact) mass is 629 g/mol. The normalized spacial score (nSPS) is 12.2. The molecular formula is C34H29F2N3O7. The van der Waals surface area contributed by atoms with Crippen LogP contribution in [0.2, 0.25) is 0 Å². The number of fused-ring (bicyclic) bond motifs is 3. The molecule has 5 aromatic rings. The van der Waals surface area contributed by atoms with Gasteiger partial charge in [-0.1, -0.05) is 0 Å². The zero-order valence-electron chi connectivity index (χ0n) is 25.1. The minimum atomic E-state index is -0.818. The van der Waals surface area contributed by atoms with Gasteiger partial charge in [-0.05, 0) is 69.3 Å². The van der Waals surface area contributed by atoms with Crippen LogP contribution in [0.25, 0.3) is 16.6 Å². The lowest BCUT2D eigenvalue weighted by atomic mass is 10.1. The number of anilines is 1. The fourth-order valence-electron chi connectivity index (χ4n) is 4.98. The summed E-state index contributed by atoms with van der Waals surface area (Å²) < 4.78 is 59.3. The Morgan fingerprint density at radius 1 is 0.957 bits per heavy atom. The van der Waals surface area contributed by atoms with Crippen LogP contribution in [0.3, 0.4) is 0 Å². The van der Waals surface area contributed by atoms with E-state index in [9.17, 15) is 14.0 Å². The number of hydrogen-bond acceptors (Lipinski definition) is 8. The lowest BCUT2D eigenvalue weighted by molar-refractivity contribution is 0.102. The third kappa shape index (κ3) is 6.01. The molecule has 1 N–H and O–H groups in total. The lowest BCUT2D eigenvalue weighted by Gasteiger charge is -2.24. The van der Waals surface area contributed by atoms with Crippen LogP contribution in [0.15, 0.2) is 77.9 Å². The van der Waals surface area contributed by atoms with Gasteiger partial charge in [-0.2, -0.15) is 0 Å². The van der Waals surface area contributed by atoms with E-state index in [-0.39, 0.29) is 41.2 Å². The Hall–Kier alpha value is -5.65. The van der Waals surface area contributed by atoms with E-state index in [4.69, 9.17) is 23.7 Å². The first kappa shape index (κ1) is 30.4. The molecule has 0 bridgehead atoms. The first-order valence-electron chi connectivity index (χ1n) is 14.5. The maximum absolute atomic E-state index is 15.4. The Labute approximate surface area is 262 Å². The maximum Gasteiger partial charge on any atom is 0.271 e. The van der Waals surface area contributed by atoms with Gasteiger partial charge in [-0.15, -0.1) is 0 Å². The van der Waals surface area contributed by atoms with E-state index < -0.39 is 23.1 Å². The van der Waals surface area contributed by atoms with Gasteiger partial charge >= 0.3 is 0 Å². The van der Waals surface area contributed by atoms with Crippen molar-refractivity contribution in [2.75, 3.05) is 25.1 Å². The number of rotatable bonds is 9. The molecule has 0 aliphatic carbocycles. The molecule has 0 radical (unpaired) electrons. The Bertz CT molecular complexity index is 1990. The summed E-state index contributed by atoms with van der Waals surface area (Å²) in [5, 5.41) is 3.04. The summed E-state index contributed by atoms with van der Waals surface area (Å²) in [5.41, 5.74) is -0.0809. The SMILES string of the molecule is CCOc1ccn(-c2ccc(F)cc2)c(=O)c1C(=O)Nc1ccc(Oc2ccnc3cc(OC(C)C)c4c(c23)OCCO4)c(F)c1. The molecular weight excluding hydrogens is 600 g/mol. The van der Waals surface area contributed by atoms with Crippen molar-refractivity contribution in [3.05, 3.63) is 101 Å². The molecule has 12 heteroatoms. The number of carbonyl (C=O) groups is 1. The number of amides is 1. The molecule has 1 aliphatic rings. The average molecular weight is 630 g/mol. The predicted octanol–water partition coefficient (Wildman–Crippen LogP) is 6.67. The third-order valence-electron chi connectivity index (χ3n) is 6.90. The second-order valence-corrected chi connectivity index (χ2v) is 10.4. The summed E-state index contributed by atoms with van der Waals surface area (Å²) in [6, 6.07) is 13.8. The zero-order valence-corrected chi connectivity index (χ0v) is 25.1. The van der Waals surface area contributed by atoms with Gasteiger partial charge in [-0.3, -0.25) is 19.1 Å². The van der Waals surface area contributed by atoms with Gasteiger partial charge in [0.15, 0.2) is 23.1 Å². The second-order valence-electron chi connectivity index (χ2n) is 10.4. The van der Waals surface area contributed by atoms with E-state index in [2.05, 4.69) is 10.3 Å². The lowest BCUT2D eigenvalue weighted by Crippen LogP contribution is -2.29. The average Bonchev–Trinajstić information content (AvgIpc) is 3.03. The molecule has 3 heterocycles. The fraction of sp³-hybridized carbons (Fsp3) is 0.206. The Morgan fingerprint density at radius 3 is 2.43 bits per heavy atom. The van der Waals surface area contributed by atoms with Gasteiger partial charge in [-0.25, -0.2) is 8.78 Å². The number of nitrogens with zero attached hydrogens (tertiary/aromatic N) is 2. The maximum atomic E-state index is 15.4. The predicted molar refractivity (Wildman–Crippen MR) is 166 cm³/mol. The molecule has 0 spiro atoms. The molecule has 0 unspecified atom stereocenters. The highest BCUT2D eigenvalue weighted by atomic mass is 19.1. The van der Waals surface area contributed by atoms with E-state index in [0.717, 1.165) is 6.07 Å². The van der Waals surface area contributed by atoms with Crippen LogP contribution in [-0.2, 0) is 0 Å². The molecule has 2 aromatic heterocycles. The van der Waals surface area contributed by atoms with Gasteiger partial charge in [0.05, 0.1) is 23.6 Å². The summed E-state index contributed by atoms with van der Waals surface area (Å²) in [7, 11) is 0. The van der Waals surface area contributed by atoms with Gasteiger partial charge in [0.1, 0.15) is 36.1 Å². The van der Waals surface area contributed by atoms with Crippen molar-refractivity contribution in [3.8, 4) is 40.2 Å². The van der Waals surface area contributed by atoms with Gasteiger partial charge in [0.25, 0.3) is 11.5 Å². The highest BCUT2D eigenvalue weighted by Crippen LogP contribution is 2.48. The Morgan fingerprint density at radius 2 is 1.72 bits per heavy atom. The van der Waals surface area contributed by atoms with E-state index >= 15 is 4.39 Å². The number of nitrogens with one attached hydrogen (secondary N) is 1. The molecule has 0 fully saturated rings. The summed E-state index contributed by atoms with van der Waals surface area (Å²) in [6.45, 7) is 6.32. The van der Waals surface area contributed by atoms with Crippen LogP contribution in [0.5, 0.6) is 34.5 Å². The second kappa shape index (κ2) is 12.8. The van der Waals surface area contributed by atoms with Crippen LogP contribution in [0.1, 0.15) is 31.1 Å². The molecule has 3 aromatic carbocycles. The van der Waals surface area contributed by atoms with Crippen molar-refractivity contribution in [2.24, 2.45) is 0 Å².